The number of imidazole rings is 1. The summed E-state index contributed by atoms with van der Waals surface area (Å²) in [6.07, 6.45) is 1.91. The van der Waals surface area contributed by atoms with Crippen LogP contribution >= 0.6 is 11.3 Å². The first-order chi connectivity index (χ1) is 14.2. The average Bonchev–Trinajstić information content (AvgIpc) is 3.43. The van der Waals surface area contributed by atoms with Crippen LogP contribution in [0.15, 0.2) is 83.4 Å². The fourth-order valence-electron chi connectivity index (χ4n) is 3.04. The van der Waals surface area contributed by atoms with Gasteiger partial charge in [0.1, 0.15) is 0 Å². The molecule has 9 heteroatoms. The van der Waals surface area contributed by atoms with Gasteiger partial charge in [0.05, 0.1) is 27.4 Å². The summed E-state index contributed by atoms with van der Waals surface area (Å²) in [6.45, 7) is 0. The Labute approximate surface area is 169 Å². The number of hydrogen-bond acceptors (Lipinski definition) is 7. The van der Waals surface area contributed by atoms with Crippen molar-refractivity contribution in [3.05, 3.63) is 93.3 Å². The van der Waals surface area contributed by atoms with Crippen molar-refractivity contribution in [2.45, 2.75) is 0 Å². The van der Waals surface area contributed by atoms with Crippen molar-refractivity contribution in [3.63, 3.8) is 0 Å². The normalized spacial score (nSPS) is 12.8. The maximum atomic E-state index is 11.0. The smallest absolute Gasteiger partial charge is 0.269 e. The Morgan fingerprint density at radius 2 is 1.79 bits per heavy atom. The number of fused-ring (bicyclic) bond motifs is 1. The maximum Gasteiger partial charge on any atom is 0.269 e. The summed E-state index contributed by atoms with van der Waals surface area (Å²) in [5, 5.41) is 19.4. The summed E-state index contributed by atoms with van der Waals surface area (Å²) < 4.78 is 1.81. The molecular formula is C20H14N6O2S. The summed E-state index contributed by atoms with van der Waals surface area (Å²) in [6, 6.07) is 20.1. The first kappa shape index (κ1) is 17.1. The van der Waals surface area contributed by atoms with Crippen LogP contribution in [0.3, 0.4) is 0 Å². The van der Waals surface area contributed by atoms with Gasteiger partial charge in [-0.25, -0.2) is 9.66 Å². The molecule has 2 aromatic heterocycles. The molecular weight excluding hydrogens is 388 g/mol. The monoisotopic (exact) mass is 402 g/mol. The Hall–Kier alpha value is -3.98. The van der Waals surface area contributed by atoms with Gasteiger partial charge in [-0.15, -0.1) is 16.4 Å². The highest BCUT2D eigenvalue weighted by molar-refractivity contribution is 7.12. The minimum atomic E-state index is -0.420. The third-order valence-electron chi connectivity index (χ3n) is 4.43. The van der Waals surface area contributed by atoms with Crippen LogP contribution in [-0.4, -0.2) is 20.4 Å². The number of nitrogens with zero attached hydrogens (tertiary/aromatic N) is 5. The van der Waals surface area contributed by atoms with Crippen LogP contribution in [0, 0.1) is 10.1 Å². The molecule has 1 aliphatic rings. The van der Waals surface area contributed by atoms with E-state index in [-0.39, 0.29) is 5.69 Å². The maximum absolute atomic E-state index is 11.0. The summed E-state index contributed by atoms with van der Waals surface area (Å²) in [5.41, 5.74) is 5.77. The Balaban J connectivity index is 1.61. The van der Waals surface area contributed by atoms with Crippen molar-refractivity contribution in [2.24, 2.45) is 5.10 Å². The van der Waals surface area contributed by atoms with Crippen LogP contribution in [0.1, 0.15) is 4.88 Å². The van der Waals surface area contributed by atoms with Crippen LogP contribution in [0.5, 0.6) is 0 Å². The number of anilines is 2. The van der Waals surface area contributed by atoms with Gasteiger partial charge in [-0.2, -0.15) is 5.01 Å². The predicted octanol–water partition coefficient (Wildman–Crippen LogP) is 4.58. The van der Waals surface area contributed by atoms with Gasteiger partial charge in [-0.3, -0.25) is 15.5 Å². The first-order valence-corrected chi connectivity index (χ1v) is 9.66. The fraction of sp³-hybridized carbons (Fsp3) is 0. The van der Waals surface area contributed by atoms with Crippen LogP contribution in [0.2, 0.25) is 0 Å². The van der Waals surface area contributed by atoms with E-state index in [0.717, 1.165) is 16.1 Å². The lowest BCUT2D eigenvalue weighted by molar-refractivity contribution is -0.384. The number of nitro groups is 1. The van der Waals surface area contributed by atoms with Crippen molar-refractivity contribution in [3.8, 4) is 11.3 Å². The number of nitrogens with one attached hydrogen (secondary N) is 1. The SMILES string of the molecule is O=[N+]([O-])c1ccc(N2N=C(c3cccs3)Nn3cc(-c4ccccc4)nc32)cc1. The molecule has 0 fully saturated rings. The zero-order chi connectivity index (χ0) is 19.8. The van der Waals surface area contributed by atoms with Crippen LogP contribution in [-0.2, 0) is 0 Å². The molecule has 0 saturated carbocycles. The van der Waals surface area contributed by atoms with E-state index in [9.17, 15) is 10.1 Å². The number of benzene rings is 2. The molecule has 0 aliphatic carbocycles. The molecule has 5 rings (SSSR count). The molecule has 29 heavy (non-hydrogen) atoms. The van der Waals surface area contributed by atoms with Gasteiger partial charge in [-0.05, 0) is 23.6 Å². The second-order valence-corrected chi connectivity index (χ2v) is 7.23. The predicted molar refractivity (Wildman–Crippen MR) is 113 cm³/mol. The molecule has 142 valence electrons. The lowest BCUT2D eigenvalue weighted by Gasteiger charge is -2.26. The molecule has 0 bridgehead atoms. The Kier molecular flexibility index (Phi) is 4.07. The van der Waals surface area contributed by atoms with Gasteiger partial charge in [0.15, 0.2) is 5.84 Å². The van der Waals surface area contributed by atoms with Gasteiger partial charge >= 0.3 is 0 Å². The van der Waals surface area contributed by atoms with E-state index in [2.05, 4.69) is 5.43 Å². The van der Waals surface area contributed by atoms with Crippen molar-refractivity contribution in [1.82, 2.24) is 9.66 Å². The zero-order valence-electron chi connectivity index (χ0n) is 15.0. The molecule has 3 heterocycles. The summed E-state index contributed by atoms with van der Waals surface area (Å²) >= 11 is 1.57. The minimum absolute atomic E-state index is 0.0275. The summed E-state index contributed by atoms with van der Waals surface area (Å²) in [5.74, 6) is 1.24. The Morgan fingerprint density at radius 1 is 1.00 bits per heavy atom. The number of hydrazone groups is 1. The molecule has 8 nitrogen and oxygen atoms in total. The van der Waals surface area contributed by atoms with Crippen LogP contribution < -0.4 is 10.4 Å². The molecule has 4 aromatic rings. The van der Waals surface area contributed by atoms with Crippen LogP contribution in [0.4, 0.5) is 17.3 Å². The number of rotatable bonds is 4. The largest absolute Gasteiger partial charge is 0.272 e. The van der Waals surface area contributed by atoms with Crippen molar-refractivity contribution in [1.29, 1.82) is 0 Å². The number of non-ortho nitro benzene ring substituents is 1. The quantitative estimate of drug-likeness (QED) is 0.399. The second kappa shape index (κ2) is 6.88. The van der Waals surface area contributed by atoms with Gasteiger partial charge < -0.3 is 0 Å². The van der Waals surface area contributed by atoms with E-state index < -0.39 is 4.92 Å². The van der Waals surface area contributed by atoms with E-state index in [4.69, 9.17) is 10.1 Å². The third kappa shape index (κ3) is 3.13. The molecule has 1 N–H and O–H groups in total. The van der Waals surface area contributed by atoms with Gasteiger partial charge in [0.2, 0.25) is 0 Å². The highest BCUT2D eigenvalue weighted by Gasteiger charge is 2.25. The first-order valence-electron chi connectivity index (χ1n) is 8.78. The lowest BCUT2D eigenvalue weighted by Crippen LogP contribution is -2.33. The Bertz CT molecular complexity index is 1200. The van der Waals surface area contributed by atoms with Gasteiger partial charge in [-0.1, -0.05) is 36.4 Å². The highest BCUT2D eigenvalue weighted by Crippen LogP contribution is 2.32. The molecule has 1 aliphatic heterocycles. The molecule has 0 spiro atoms. The van der Waals surface area contributed by atoms with Crippen molar-refractivity contribution in [2.75, 3.05) is 10.4 Å². The average molecular weight is 402 g/mol. The molecule has 0 saturated heterocycles. The van der Waals surface area contributed by atoms with E-state index in [1.54, 1.807) is 28.5 Å². The standard InChI is InChI=1S/C20H14N6O2S/c27-26(28)16-10-8-15(9-11-16)25-20-21-17(14-5-2-1-3-6-14)13-24(20)22-19(23-25)18-7-4-12-29-18/h1-13H,(H,22,23). The number of amidine groups is 1. The molecule has 2 aromatic carbocycles. The molecule has 0 radical (unpaired) electrons. The number of aromatic nitrogens is 2. The van der Waals surface area contributed by atoms with Gasteiger partial charge in [0, 0.05) is 17.7 Å². The molecule has 0 amide bonds. The van der Waals surface area contributed by atoms with Crippen LogP contribution in [0.25, 0.3) is 11.3 Å². The Morgan fingerprint density at radius 3 is 2.48 bits per heavy atom. The topological polar surface area (TPSA) is 88.6 Å². The van der Waals surface area contributed by atoms with E-state index in [1.165, 1.54) is 12.1 Å². The number of nitro benzene ring substituents is 1. The van der Waals surface area contributed by atoms with Gasteiger partial charge in [0.25, 0.3) is 11.6 Å². The van der Waals surface area contributed by atoms with E-state index >= 15 is 0 Å². The third-order valence-corrected chi connectivity index (χ3v) is 5.31. The summed E-state index contributed by atoms with van der Waals surface area (Å²) in [7, 11) is 0. The number of hydrogen-bond donors (Lipinski definition) is 1. The molecule has 0 unspecified atom stereocenters. The van der Waals surface area contributed by atoms with Crippen molar-refractivity contribution < 1.29 is 4.92 Å². The zero-order valence-corrected chi connectivity index (χ0v) is 15.8. The highest BCUT2D eigenvalue weighted by atomic mass is 32.1. The second-order valence-electron chi connectivity index (χ2n) is 6.29. The van der Waals surface area contributed by atoms with E-state index in [0.29, 0.717) is 17.5 Å². The number of thiophene rings is 1. The minimum Gasteiger partial charge on any atom is -0.272 e. The lowest BCUT2D eigenvalue weighted by atomic mass is 10.2. The van der Waals surface area contributed by atoms with Crippen molar-refractivity contribution >= 4 is 34.5 Å². The fourth-order valence-corrected chi connectivity index (χ4v) is 3.70. The van der Waals surface area contributed by atoms with E-state index in [1.807, 2.05) is 58.7 Å². The summed E-state index contributed by atoms with van der Waals surface area (Å²) in [4.78, 5) is 16.3. The molecule has 0 atom stereocenters.